The van der Waals surface area contributed by atoms with E-state index in [9.17, 15) is 9.18 Å². The second-order valence-corrected chi connectivity index (χ2v) is 3.12. The van der Waals surface area contributed by atoms with Crippen LogP contribution in [0.15, 0.2) is 18.2 Å². The summed E-state index contributed by atoms with van der Waals surface area (Å²) in [5.74, 6) is -1.73. The molecular weight excluding hydrogens is 187 g/mol. The monoisotopic (exact) mass is 198 g/mol. The van der Waals surface area contributed by atoms with Crippen molar-refractivity contribution in [1.29, 1.82) is 0 Å². The van der Waals surface area contributed by atoms with E-state index >= 15 is 0 Å². The smallest absolute Gasteiger partial charge is 0.341 e. The minimum Gasteiger partial charge on any atom is -0.508 e. The Bertz CT molecular complexity index is 347. The third kappa shape index (κ3) is 2.45. The van der Waals surface area contributed by atoms with Crippen molar-refractivity contribution in [3.05, 3.63) is 29.6 Å². The van der Waals surface area contributed by atoms with Gasteiger partial charge in [-0.2, -0.15) is 0 Å². The van der Waals surface area contributed by atoms with Gasteiger partial charge in [0.15, 0.2) is 0 Å². The molecule has 0 radical (unpaired) electrons. The van der Waals surface area contributed by atoms with Crippen LogP contribution in [0.5, 0.6) is 5.75 Å². The first kappa shape index (κ1) is 10.5. The number of halogens is 1. The van der Waals surface area contributed by atoms with Crippen LogP contribution in [0.2, 0.25) is 0 Å². The zero-order valence-corrected chi connectivity index (χ0v) is 7.95. The molecule has 0 fully saturated rings. The number of rotatable bonds is 2. The van der Waals surface area contributed by atoms with Crippen LogP contribution in [0.3, 0.4) is 0 Å². The standard InChI is InChI=1S/C10H11FO3/c1-6(2)14-10(13)8-4-3-7(12)5-9(8)11/h3-6,12H,1-2H3. The summed E-state index contributed by atoms with van der Waals surface area (Å²) in [5.41, 5.74) is -0.170. The molecule has 1 aromatic rings. The molecule has 1 N–H and O–H groups in total. The Hall–Kier alpha value is -1.58. The maximum Gasteiger partial charge on any atom is 0.341 e. The third-order valence-electron chi connectivity index (χ3n) is 1.52. The van der Waals surface area contributed by atoms with Crippen LogP contribution in [-0.4, -0.2) is 17.2 Å². The van der Waals surface area contributed by atoms with Crippen molar-refractivity contribution in [1.82, 2.24) is 0 Å². The fraction of sp³-hybridized carbons (Fsp3) is 0.300. The van der Waals surface area contributed by atoms with E-state index in [-0.39, 0.29) is 17.4 Å². The van der Waals surface area contributed by atoms with Gasteiger partial charge in [-0.25, -0.2) is 9.18 Å². The zero-order chi connectivity index (χ0) is 10.7. The minimum absolute atomic E-state index is 0.170. The first-order chi connectivity index (χ1) is 6.50. The Labute approximate surface area is 81.1 Å². The molecule has 1 aromatic carbocycles. The minimum atomic E-state index is -0.782. The fourth-order valence-corrected chi connectivity index (χ4v) is 0.947. The number of hydrogen-bond donors (Lipinski definition) is 1. The van der Waals surface area contributed by atoms with Crippen LogP contribution in [0.4, 0.5) is 4.39 Å². The summed E-state index contributed by atoms with van der Waals surface area (Å²) in [4.78, 5) is 11.2. The normalized spacial score (nSPS) is 10.3. The van der Waals surface area contributed by atoms with Gasteiger partial charge in [0, 0.05) is 6.07 Å². The second-order valence-electron chi connectivity index (χ2n) is 3.12. The lowest BCUT2D eigenvalue weighted by atomic mass is 10.2. The lowest BCUT2D eigenvalue weighted by molar-refractivity contribution is 0.0372. The van der Waals surface area contributed by atoms with Gasteiger partial charge in [-0.05, 0) is 26.0 Å². The van der Waals surface area contributed by atoms with E-state index in [4.69, 9.17) is 9.84 Å². The largest absolute Gasteiger partial charge is 0.508 e. The van der Waals surface area contributed by atoms with Crippen LogP contribution >= 0.6 is 0 Å². The number of carbonyl (C=O) groups excluding carboxylic acids is 1. The molecule has 14 heavy (non-hydrogen) atoms. The summed E-state index contributed by atoms with van der Waals surface area (Å²) in [7, 11) is 0. The first-order valence-corrected chi connectivity index (χ1v) is 4.20. The molecule has 0 bridgehead atoms. The molecule has 0 aromatic heterocycles. The Balaban J connectivity index is 2.90. The van der Waals surface area contributed by atoms with Crippen LogP contribution in [0, 0.1) is 5.82 Å². The quantitative estimate of drug-likeness (QED) is 0.740. The predicted molar refractivity (Wildman–Crippen MR) is 48.6 cm³/mol. The number of phenols is 1. The molecule has 0 heterocycles. The number of carbonyl (C=O) groups is 1. The van der Waals surface area contributed by atoms with Crippen molar-refractivity contribution in [2.75, 3.05) is 0 Å². The Morgan fingerprint density at radius 2 is 2.14 bits per heavy atom. The molecule has 0 aliphatic carbocycles. The number of esters is 1. The van der Waals surface area contributed by atoms with Gasteiger partial charge in [0.05, 0.1) is 11.7 Å². The molecule has 0 aliphatic rings. The van der Waals surface area contributed by atoms with Crippen molar-refractivity contribution in [2.24, 2.45) is 0 Å². The molecule has 0 spiro atoms. The Morgan fingerprint density at radius 1 is 1.50 bits per heavy atom. The van der Waals surface area contributed by atoms with Gasteiger partial charge in [0.1, 0.15) is 11.6 Å². The zero-order valence-electron chi connectivity index (χ0n) is 7.95. The lowest BCUT2D eigenvalue weighted by Crippen LogP contribution is -2.12. The predicted octanol–water partition coefficient (Wildman–Crippen LogP) is 2.10. The van der Waals surface area contributed by atoms with Crippen LogP contribution < -0.4 is 0 Å². The Morgan fingerprint density at radius 3 is 2.64 bits per heavy atom. The molecule has 0 aliphatic heterocycles. The molecule has 3 nitrogen and oxygen atoms in total. The molecule has 0 atom stereocenters. The highest BCUT2D eigenvalue weighted by Crippen LogP contribution is 2.16. The molecule has 0 saturated heterocycles. The second kappa shape index (κ2) is 4.09. The lowest BCUT2D eigenvalue weighted by Gasteiger charge is -2.08. The van der Waals surface area contributed by atoms with E-state index in [0.29, 0.717) is 0 Å². The van der Waals surface area contributed by atoms with Crippen molar-refractivity contribution in [3.63, 3.8) is 0 Å². The average molecular weight is 198 g/mol. The van der Waals surface area contributed by atoms with Gasteiger partial charge in [-0.15, -0.1) is 0 Å². The highest BCUT2D eigenvalue weighted by atomic mass is 19.1. The van der Waals surface area contributed by atoms with Crippen molar-refractivity contribution in [3.8, 4) is 5.75 Å². The number of aromatic hydroxyl groups is 1. The van der Waals surface area contributed by atoms with Crippen molar-refractivity contribution < 1.29 is 19.0 Å². The summed E-state index contributed by atoms with van der Waals surface area (Å²) >= 11 is 0. The maximum absolute atomic E-state index is 13.1. The van der Waals surface area contributed by atoms with E-state index < -0.39 is 11.8 Å². The van der Waals surface area contributed by atoms with E-state index in [2.05, 4.69) is 0 Å². The summed E-state index contributed by atoms with van der Waals surface area (Å²) in [6.07, 6.45) is -0.296. The number of hydrogen-bond acceptors (Lipinski definition) is 3. The van der Waals surface area contributed by atoms with Gasteiger partial charge in [0.2, 0.25) is 0 Å². The highest BCUT2D eigenvalue weighted by molar-refractivity contribution is 5.89. The van der Waals surface area contributed by atoms with Crippen LogP contribution in [0.25, 0.3) is 0 Å². The molecule has 4 heteroatoms. The molecule has 0 unspecified atom stereocenters. The maximum atomic E-state index is 13.1. The first-order valence-electron chi connectivity index (χ1n) is 4.20. The summed E-state index contributed by atoms with van der Waals surface area (Å²) in [6, 6.07) is 3.30. The van der Waals surface area contributed by atoms with Crippen LogP contribution in [0.1, 0.15) is 24.2 Å². The summed E-state index contributed by atoms with van der Waals surface area (Å²) in [6.45, 7) is 3.35. The fourth-order valence-electron chi connectivity index (χ4n) is 0.947. The number of benzene rings is 1. The van der Waals surface area contributed by atoms with Gasteiger partial charge in [0.25, 0.3) is 0 Å². The van der Waals surface area contributed by atoms with Gasteiger partial charge in [-0.3, -0.25) is 0 Å². The van der Waals surface area contributed by atoms with Gasteiger partial charge >= 0.3 is 5.97 Å². The average Bonchev–Trinajstić information content (AvgIpc) is 2.01. The number of ether oxygens (including phenoxy) is 1. The molecular formula is C10H11FO3. The van der Waals surface area contributed by atoms with Crippen molar-refractivity contribution >= 4 is 5.97 Å². The van der Waals surface area contributed by atoms with Crippen molar-refractivity contribution in [2.45, 2.75) is 20.0 Å². The summed E-state index contributed by atoms with van der Waals surface area (Å²) in [5, 5.41) is 8.91. The highest BCUT2D eigenvalue weighted by Gasteiger charge is 2.14. The number of phenolic OH excluding ortho intramolecular Hbond substituents is 1. The van der Waals surface area contributed by atoms with Crippen LogP contribution in [-0.2, 0) is 4.74 Å². The van der Waals surface area contributed by atoms with E-state index in [0.717, 1.165) is 6.07 Å². The molecule has 1 rings (SSSR count). The third-order valence-corrected chi connectivity index (χ3v) is 1.52. The van der Waals surface area contributed by atoms with Gasteiger partial charge < -0.3 is 9.84 Å². The van der Waals surface area contributed by atoms with E-state index in [1.54, 1.807) is 13.8 Å². The van der Waals surface area contributed by atoms with E-state index in [1.165, 1.54) is 12.1 Å². The van der Waals surface area contributed by atoms with Gasteiger partial charge in [-0.1, -0.05) is 0 Å². The SMILES string of the molecule is CC(C)OC(=O)c1ccc(O)cc1F. The summed E-state index contributed by atoms with van der Waals surface area (Å²) < 4.78 is 17.9. The van der Waals surface area contributed by atoms with E-state index in [1.807, 2.05) is 0 Å². The molecule has 76 valence electrons. The molecule has 0 saturated carbocycles. The Kier molecular flexibility index (Phi) is 3.06. The topological polar surface area (TPSA) is 46.5 Å². The molecule has 0 amide bonds.